The molecule has 1 saturated heterocycles. The molecule has 420 valence electrons. The van der Waals surface area contributed by atoms with E-state index >= 15 is 0 Å². The lowest BCUT2D eigenvalue weighted by atomic mass is 9.88. The van der Waals surface area contributed by atoms with E-state index in [1.54, 1.807) is 0 Å². The Labute approximate surface area is 434 Å². The molecule has 1 aliphatic heterocycles. The highest BCUT2D eigenvalue weighted by molar-refractivity contribution is 4.74. The maximum atomic E-state index is 6.97. The third-order valence-electron chi connectivity index (χ3n) is 13.9. The monoisotopic (exact) mass is 1000 g/mol. The molecule has 0 spiro atoms. The van der Waals surface area contributed by atoms with Gasteiger partial charge in [0.15, 0.2) is 0 Å². The van der Waals surface area contributed by atoms with Crippen LogP contribution in [0.1, 0.15) is 177 Å². The van der Waals surface area contributed by atoms with Crippen molar-refractivity contribution in [3.05, 3.63) is 0 Å². The second-order valence-corrected chi connectivity index (χ2v) is 25.7. The summed E-state index contributed by atoms with van der Waals surface area (Å²) < 4.78 is 65.3. The molecule has 1 heterocycles. The predicted molar refractivity (Wildman–Crippen MR) is 292 cm³/mol. The molecule has 0 saturated carbocycles. The molecule has 0 radical (unpaired) electrons. The Balaban J connectivity index is 3.26. The predicted octanol–water partition coefficient (Wildman–Crippen LogP) is 13.7. The second-order valence-electron chi connectivity index (χ2n) is 25.7. The van der Waals surface area contributed by atoms with Gasteiger partial charge in [0, 0.05) is 12.5 Å². The minimum Gasteiger partial charge on any atom is -0.381 e. The van der Waals surface area contributed by atoms with Crippen LogP contribution in [0.25, 0.3) is 0 Å². The Morgan fingerprint density at radius 2 is 0.686 bits per heavy atom. The number of rotatable bonds is 44. The average Bonchev–Trinajstić information content (AvgIpc) is 3.23. The van der Waals surface area contributed by atoms with Gasteiger partial charge in [0.1, 0.15) is 18.3 Å². The van der Waals surface area contributed by atoms with Crippen molar-refractivity contribution in [1.82, 2.24) is 0 Å². The molecule has 0 bridgehead atoms. The molecule has 0 N–H and O–H groups in total. The van der Waals surface area contributed by atoms with Gasteiger partial charge in [-0.15, -0.1) is 0 Å². The van der Waals surface area contributed by atoms with E-state index in [4.69, 9.17) is 47.4 Å². The van der Waals surface area contributed by atoms with Gasteiger partial charge in [-0.2, -0.15) is 0 Å². The smallest absolute Gasteiger partial charge is 0.105 e. The van der Waals surface area contributed by atoms with Crippen molar-refractivity contribution in [2.24, 2.45) is 82.9 Å². The molecular formula is C60H120O10. The highest BCUT2D eigenvalue weighted by Gasteiger charge is 2.28. The van der Waals surface area contributed by atoms with Gasteiger partial charge < -0.3 is 47.4 Å². The molecule has 0 amide bonds. The maximum Gasteiger partial charge on any atom is 0.105 e. The van der Waals surface area contributed by atoms with Gasteiger partial charge in [0.05, 0.1) is 104 Å². The Hall–Kier alpha value is -0.400. The van der Waals surface area contributed by atoms with Crippen molar-refractivity contribution in [3.8, 4) is 0 Å². The van der Waals surface area contributed by atoms with Crippen molar-refractivity contribution in [2.75, 3.05) is 92.5 Å². The van der Waals surface area contributed by atoms with Crippen molar-refractivity contribution in [2.45, 2.75) is 214 Å². The largest absolute Gasteiger partial charge is 0.381 e. The van der Waals surface area contributed by atoms with E-state index in [0.717, 1.165) is 38.9 Å². The van der Waals surface area contributed by atoms with Crippen molar-refractivity contribution in [3.63, 3.8) is 0 Å². The third-order valence-corrected chi connectivity index (χ3v) is 13.9. The fourth-order valence-corrected chi connectivity index (χ4v) is 9.44. The van der Waals surface area contributed by atoms with Gasteiger partial charge in [-0.25, -0.2) is 0 Å². The van der Waals surface area contributed by atoms with Crippen LogP contribution < -0.4 is 0 Å². The second kappa shape index (κ2) is 39.0. The fourth-order valence-electron chi connectivity index (χ4n) is 9.44. The van der Waals surface area contributed by atoms with Crippen LogP contribution in [0.3, 0.4) is 0 Å². The average molecular weight is 1000 g/mol. The number of hydrogen-bond acceptors (Lipinski definition) is 10. The molecule has 1 aliphatic rings. The zero-order valence-corrected chi connectivity index (χ0v) is 49.8. The van der Waals surface area contributed by atoms with Gasteiger partial charge in [-0.05, 0) is 115 Å². The van der Waals surface area contributed by atoms with Crippen LogP contribution in [0.5, 0.6) is 0 Å². The van der Waals surface area contributed by atoms with Crippen LogP contribution in [0.15, 0.2) is 0 Å². The van der Waals surface area contributed by atoms with Crippen molar-refractivity contribution < 1.29 is 47.4 Å². The molecular weight excluding hydrogens is 881 g/mol. The first-order valence-corrected chi connectivity index (χ1v) is 29.0. The highest BCUT2D eigenvalue weighted by atomic mass is 16.6. The zero-order valence-electron chi connectivity index (χ0n) is 49.8. The van der Waals surface area contributed by atoms with E-state index < -0.39 is 0 Å². The first kappa shape index (κ1) is 67.6. The summed E-state index contributed by atoms with van der Waals surface area (Å²) in [6.45, 7) is 53.5. The Morgan fingerprint density at radius 3 is 1.14 bits per heavy atom. The van der Waals surface area contributed by atoms with Gasteiger partial charge in [-0.1, -0.05) is 138 Å². The first-order chi connectivity index (χ1) is 32.9. The molecule has 10 heteroatoms. The van der Waals surface area contributed by atoms with E-state index in [-0.39, 0.29) is 42.5 Å². The van der Waals surface area contributed by atoms with E-state index in [1.165, 1.54) is 12.8 Å². The summed E-state index contributed by atoms with van der Waals surface area (Å²) in [6.07, 6.45) is 5.63. The van der Waals surface area contributed by atoms with Crippen LogP contribution in [0.2, 0.25) is 0 Å². The lowest BCUT2D eigenvalue weighted by molar-refractivity contribution is -0.171. The summed E-state index contributed by atoms with van der Waals surface area (Å²) >= 11 is 0. The van der Waals surface area contributed by atoms with Crippen LogP contribution >= 0.6 is 0 Å². The van der Waals surface area contributed by atoms with E-state index in [9.17, 15) is 0 Å². The Morgan fingerprint density at radius 1 is 0.329 bits per heavy atom. The van der Waals surface area contributed by atoms with E-state index in [2.05, 4.69) is 138 Å². The molecule has 10 nitrogen and oxygen atoms in total. The van der Waals surface area contributed by atoms with Crippen LogP contribution in [-0.2, 0) is 47.4 Å². The van der Waals surface area contributed by atoms with Gasteiger partial charge in [0.25, 0.3) is 0 Å². The standard InChI is InChI=1S/C60H120O10/c1-41(2)21-51(47(13)14)27-61-28-54(50(19)20)29-62-37-59(69-56(25-45(9)10)33-64-38-60-39-65-34-57(70-60)26-46(11)12)40-66-36-58(68-31-53(49(17)18)23-43(5)6)35-63-32-55(24-44(7)8)67-30-52(48(15)16)22-42(3)4/h41-60H,21-40H2,1-20H3/t51-,52-,53-,54+,55?,56?,57?,58?,59?,60?/m0/s1. The normalized spacial score (nSPS) is 19.8. The minimum atomic E-state index is -0.309. The van der Waals surface area contributed by atoms with Crippen LogP contribution in [0.4, 0.5) is 0 Å². The lowest BCUT2D eigenvalue weighted by Gasteiger charge is -2.32. The lowest BCUT2D eigenvalue weighted by Crippen LogP contribution is -2.40. The minimum absolute atomic E-state index is 0.0322. The summed E-state index contributed by atoms with van der Waals surface area (Å²) in [4.78, 5) is 0. The van der Waals surface area contributed by atoms with E-state index in [1.807, 2.05) is 0 Å². The number of ether oxygens (including phenoxy) is 10. The van der Waals surface area contributed by atoms with E-state index in [0.29, 0.717) is 156 Å². The topological polar surface area (TPSA) is 92.3 Å². The molecule has 70 heavy (non-hydrogen) atoms. The zero-order chi connectivity index (χ0) is 52.8. The van der Waals surface area contributed by atoms with Crippen LogP contribution in [-0.4, -0.2) is 129 Å². The molecule has 1 fully saturated rings. The molecule has 6 unspecified atom stereocenters. The fraction of sp³-hybridized carbons (Fsp3) is 1.00. The molecule has 0 aromatic carbocycles. The molecule has 0 aliphatic carbocycles. The quantitative estimate of drug-likeness (QED) is 0.0588. The van der Waals surface area contributed by atoms with Gasteiger partial charge >= 0.3 is 0 Å². The molecule has 0 aromatic heterocycles. The third kappa shape index (κ3) is 34.2. The van der Waals surface area contributed by atoms with Crippen LogP contribution in [0, 0.1) is 82.9 Å². The van der Waals surface area contributed by atoms with Crippen molar-refractivity contribution >= 4 is 0 Å². The maximum absolute atomic E-state index is 6.97. The summed E-state index contributed by atoms with van der Waals surface area (Å²) in [6, 6.07) is 0. The van der Waals surface area contributed by atoms with Crippen molar-refractivity contribution in [1.29, 1.82) is 0 Å². The summed E-state index contributed by atoms with van der Waals surface area (Å²) in [5.41, 5.74) is 0. The number of hydrogen-bond donors (Lipinski definition) is 0. The van der Waals surface area contributed by atoms with Gasteiger partial charge in [-0.3, -0.25) is 0 Å². The molecule has 0 aromatic rings. The Kier molecular flexibility index (Phi) is 37.7. The summed E-state index contributed by atoms with van der Waals surface area (Å²) in [5.74, 6) is 7.26. The summed E-state index contributed by atoms with van der Waals surface area (Å²) in [7, 11) is 0. The van der Waals surface area contributed by atoms with Gasteiger partial charge in [0.2, 0.25) is 0 Å². The molecule has 10 atom stereocenters. The first-order valence-electron chi connectivity index (χ1n) is 29.0. The molecule has 1 rings (SSSR count). The Bertz CT molecular complexity index is 1190. The highest BCUT2D eigenvalue weighted by Crippen LogP contribution is 2.25. The summed E-state index contributed by atoms with van der Waals surface area (Å²) in [5, 5.41) is 0. The SMILES string of the molecule is CC(C)CC(COCC(COCC(COC[C@@H](COC[C@H](CC(C)C)C(C)C)C(C)C)OC(COCC1COCC(CC(C)C)O1)CC(C)C)OC[C@H](CC(C)C)C(C)C)OC[C@H](CC(C)C)C(C)C.